The SMILES string of the molecule is O=Cc1ccccc1[O][Zr]([O]c1ccccc1C=O)([CH]1C=CC=C1)[CH]1C=CC=C1. The molecule has 0 spiro atoms. The first-order valence-corrected chi connectivity index (χ1v) is 14.3. The summed E-state index contributed by atoms with van der Waals surface area (Å²) in [4.78, 5) is 23.2. The number of benzene rings is 2. The molecular weight excluding hydrogens is 443 g/mol. The van der Waals surface area contributed by atoms with Gasteiger partial charge in [-0.1, -0.05) is 0 Å². The van der Waals surface area contributed by atoms with Gasteiger partial charge in [0.25, 0.3) is 0 Å². The molecule has 0 saturated heterocycles. The standard InChI is InChI=1S/2C7H6O2.2C5H5.Zr/c2*8-5-6-3-1-2-4-7(6)9;2*1-2-4-5-3-1;/h2*1-5,9H;2*1-5H;/q;;;;+2/p-2. The molecule has 0 fully saturated rings. The number of aldehydes is 2. The van der Waals surface area contributed by atoms with Crippen LogP contribution in [0.1, 0.15) is 20.7 Å². The molecule has 0 aliphatic heterocycles. The van der Waals surface area contributed by atoms with Crippen molar-refractivity contribution in [3.63, 3.8) is 0 Å². The molecule has 2 aliphatic carbocycles. The minimum absolute atomic E-state index is 0.0267. The molecule has 0 heterocycles. The zero-order valence-electron chi connectivity index (χ0n) is 15.7. The molecule has 4 nitrogen and oxygen atoms in total. The van der Waals surface area contributed by atoms with Crippen molar-refractivity contribution >= 4 is 12.6 Å². The average molecular weight is 464 g/mol. The summed E-state index contributed by atoms with van der Waals surface area (Å²) in [7, 11) is 0. The van der Waals surface area contributed by atoms with E-state index in [0.29, 0.717) is 22.6 Å². The Bertz CT molecular complexity index is 927. The van der Waals surface area contributed by atoms with Gasteiger partial charge in [0.15, 0.2) is 0 Å². The van der Waals surface area contributed by atoms with E-state index < -0.39 is 21.1 Å². The van der Waals surface area contributed by atoms with Crippen molar-refractivity contribution in [3.8, 4) is 11.5 Å². The molecule has 0 saturated carbocycles. The van der Waals surface area contributed by atoms with Gasteiger partial charge in [0, 0.05) is 0 Å². The van der Waals surface area contributed by atoms with Crippen LogP contribution in [0.25, 0.3) is 0 Å². The Morgan fingerprint density at radius 1 is 0.621 bits per heavy atom. The molecule has 144 valence electrons. The van der Waals surface area contributed by atoms with Crippen molar-refractivity contribution in [3.05, 3.63) is 108 Å². The molecule has 0 aromatic heterocycles. The number of rotatable bonds is 8. The number of hydrogen-bond acceptors (Lipinski definition) is 4. The maximum atomic E-state index is 11.6. The summed E-state index contributed by atoms with van der Waals surface area (Å²) >= 11 is -4.17. The number of allylic oxidation sites excluding steroid dienone is 8. The Labute approximate surface area is 175 Å². The molecule has 4 rings (SSSR count). The van der Waals surface area contributed by atoms with Crippen LogP contribution in [0.2, 0.25) is 7.25 Å². The van der Waals surface area contributed by atoms with Gasteiger partial charge in [-0.15, -0.1) is 0 Å². The summed E-state index contributed by atoms with van der Waals surface area (Å²) in [6.45, 7) is 0. The molecule has 5 heteroatoms. The van der Waals surface area contributed by atoms with Crippen LogP contribution in [0.5, 0.6) is 11.5 Å². The minimum atomic E-state index is -4.17. The Morgan fingerprint density at radius 3 is 1.38 bits per heavy atom. The second kappa shape index (κ2) is 8.71. The summed E-state index contributed by atoms with van der Waals surface area (Å²) in [5, 5.41) is 0. The zero-order chi connectivity index (χ0) is 20.1. The third-order valence-corrected chi connectivity index (χ3v) is 14.2. The summed E-state index contributed by atoms with van der Waals surface area (Å²) in [6, 6.07) is 14.4. The molecule has 0 radical (unpaired) electrons. The molecule has 0 N–H and O–H groups in total. The molecule has 2 aromatic carbocycles. The fourth-order valence-electron chi connectivity index (χ4n) is 3.60. The van der Waals surface area contributed by atoms with Gasteiger partial charge < -0.3 is 0 Å². The summed E-state index contributed by atoms with van der Waals surface area (Å²) in [5.41, 5.74) is 0.968. The number of carbonyl (C=O) groups excluding carboxylic acids is 2. The first-order valence-electron chi connectivity index (χ1n) is 9.43. The summed E-state index contributed by atoms with van der Waals surface area (Å²) in [6.07, 6.45) is 17.9. The predicted octanol–water partition coefficient (Wildman–Crippen LogP) is 5.58. The van der Waals surface area contributed by atoms with Crippen molar-refractivity contribution < 1.29 is 36.4 Å². The van der Waals surface area contributed by atoms with E-state index in [1.165, 1.54) is 0 Å². The van der Waals surface area contributed by atoms with Crippen molar-refractivity contribution in [2.45, 2.75) is 7.25 Å². The third kappa shape index (κ3) is 3.88. The number of carbonyl (C=O) groups is 2. The van der Waals surface area contributed by atoms with Crippen LogP contribution >= 0.6 is 0 Å². The van der Waals surface area contributed by atoms with E-state index in [1.807, 2.05) is 36.4 Å². The first kappa shape index (κ1) is 19.5. The van der Waals surface area contributed by atoms with Crippen LogP contribution in [0.15, 0.2) is 97.1 Å². The maximum absolute atomic E-state index is 11.6. The number of para-hydroxylation sites is 2. The Morgan fingerprint density at radius 2 is 1.00 bits per heavy atom. The molecular formula is C24H20O4Zr. The van der Waals surface area contributed by atoms with Crippen LogP contribution in [-0.2, 0) is 21.1 Å². The summed E-state index contributed by atoms with van der Waals surface area (Å²) in [5.74, 6) is 1.04. The number of hydrogen-bond donors (Lipinski definition) is 0. The van der Waals surface area contributed by atoms with Crippen LogP contribution < -0.4 is 5.63 Å². The Hall–Kier alpha value is -2.78. The fraction of sp³-hybridized carbons (Fsp3) is 0.0833. The fourth-order valence-corrected chi connectivity index (χ4v) is 12.5. The molecule has 0 bridgehead atoms. The normalized spacial score (nSPS) is 15.7. The van der Waals surface area contributed by atoms with E-state index in [2.05, 4.69) is 24.3 Å². The second-order valence-corrected chi connectivity index (χ2v) is 14.7. The van der Waals surface area contributed by atoms with Crippen molar-refractivity contribution in [1.82, 2.24) is 0 Å². The van der Waals surface area contributed by atoms with Crippen molar-refractivity contribution in [1.29, 1.82) is 0 Å². The Balaban J connectivity index is 1.86. The van der Waals surface area contributed by atoms with Crippen LogP contribution in [-0.4, -0.2) is 12.6 Å². The first-order chi connectivity index (χ1) is 14.3. The molecule has 0 atom stereocenters. The van der Waals surface area contributed by atoms with Gasteiger partial charge in [0.1, 0.15) is 0 Å². The monoisotopic (exact) mass is 462 g/mol. The van der Waals surface area contributed by atoms with Gasteiger partial charge in [-0.3, -0.25) is 0 Å². The van der Waals surface area contributed by atoms with Gasteiger partial charge in [-0.2, -0.15) is 0 Å². The van der Waals surface area contributed by atoms with E-state index in [0.717, 1.165) is 12.6 Å². The topological polar surface area (TPSA) is 52.6 Å². The van der Waals surface area contributed by atoms with E-state index in [9.17, 15) is 9.59 Å². The summed E-state index contributed by atoms with van der Waals surface area (Å²) < 4.78 is 13.4. The van der Waals surface area contributed by atoms with Crippen molar-refractivity contribution in [2.75, 3.05) is 0 Å². The molecule has 2 aromatic rings. The van der Waals surface area contributed by atoms with Gasteiger partial charge >= 0.3 is 176 Å². The van der Waals surface area contributed by atoms with Gasteiger partial charge in [0.05, 0.1) is 0 Å². The van der Waals surface area contributed by atoms with Crippen LogP contribution in [0.4, 0.5) is 0 Å². The quantitative estimate of drug-likeness (QED) is 0.480. The molecule has 0 amide bonds. The molecule has 2 aliphatic rings. The van der Waals surface area contributed by atoms with E-state index in [4.69, 9.17) is 5.63 Å². The third-order valence-electron chi connectivity index (χ3n) is 5.06. The van der Waals surface area contributed by atoms with Crippen molar-refractivity contribution in [2.24, 2.45) is 0 Å². The Kier molecular flexibility index (Phi) is 5.87. The predicted molar refractivity (Wildman–Crippen MR) is 109 cm³/mol. The van der Waals surface area contributed by atoms with Gasteiger partial charge in [-0.25, -0.2) is 0 Å². The second-order valence-electron chi connectivity index (χ2n) is 6.83. The molecule has 29 heavy (non-hydrogen) atoms. The van der Waals surface area contributed by atoms with Gasteiger partial charge in [-0.05, 0) is 0 Å². The average Bonchev–Trinajstić information content (AvgIpc) is 3.48. The van der Waals surface area contributed by atoms with Crippen LogP contribution in [0.3, 0.4) is 0 Å². The van der Waals surface area contributed by atoms with E-state index in [1.54, 1.807) is 36.4 Å². The molecule has 0 unspecified atom stereocenters. The van der Waals surface area contributed by atoms with Crippen LogP contribution in [0, 0.1) is 0 Å². The van der Waals surface area contributed by atoms with E-state index >= 15 is 0 Å². The van der Waals surface area contributed by atoms with Gasteiger partial charge in [0.2, 0.25) is 0 Å². The zero-order valence-corrected chi connectivity index (χ0v) is 18.1. The van der Waals surface area contributed by atoms with E-state index in [-0.39, 0.29) is 7.25 Å².